The molecular formula is C11H6Br3FS. The molecule has 0 saturated heterocycles. The van der Waals surface area contributed by atoms with Crippen LogP contribution in [0.2, 0.25) is 0 Å². The van der Waals surface area contributed by atoms with Crippen LogP contribution in [0.4, 0.5) is 4.39 Å². The summed E-state index contributed by atoms with van der Waals surface area (Å²) in [7, 11) is 0. The van der Waals surface area contributed by atoms with Gasteiger partial charge >= 0.3 is 0 Å². The molecule has 84 valence electrons. The zero-order valence-electron chi connectivity index (χ0n) is 7.88. The van der Waals surface area contributed by atoms with E-state index < -0.39 is 0 Å². The van der Waals surface area contributed by atoms with E-state index in [9.17, 15) is 4.39 Å². The van der Waals surface area contributed by atoms with Gasteiger partial charge in [-0.15, -0.1) is 11.3 Å². The lowest BCUT2D eigenvalue weighted by molar-refractivity contribution is 0.626. The minimum absolute atomic E-state index is 0.0822. The molecule has 2 rings (SSSR count). The molecule has 0 radical (unpaired) electrons. The second kappa shape index (κ2) is 5.29. The van der Waals surface area contributed by atoms with Crippen molar-refractivity contribution in [2.24, 2.45) is 0 Å². The van der Waals surface area contributed by atoms with Gasteiger partial charge in [-0.05, 0) is 45.8 Å². The fourth-order valence-electron chi connectivity index (χ4n) is 1.32. The Bertz CT molecular complexity index is 510. The Morgan fingerprint density at radius 3 is 2.44 bits per heavy atom. The van der Waals surface area contributed by atoms with Crippen LogP contribution >= 0.6 is 59.1 Å². The normalized spacial score (nSPS) is 12.8. The van der Waals surface area contributed by atoms with Gasteiger partial charge in [-0.1, -0.05) is 37.9 Å². The van der Waals surface area contributed by atoms with Crippen molar-refractivity contribution < 1.29 is 4.39 Å². The van der Waals surface area contributed by atoms with Crippen molar-refractivity contribution in [2.75, 3.05) is 0 Å². The third kappa shape index (κ3) is 2.75. The summed E-state index contributed by atoms with van der Waals surface area (Å²) in [5, 5.41) is 0. The third-order valence-corrected chi connectivity index (χ3v) is 5.74. The van der Waals surface area contributed by atoms with Crippen molar-refractivity contribution in [1.82, 2.24) is 0 Å². The molecule has 1 aromatic heterocycles. The smallest absolute Gasteiger partial charge is 0.124 e. The van der Waals surface area contributed by atoms with Crippen molar-refractivity contribution in [2.45, 2.75) is 4.83 Å². The second-order valence-electron chi connectivity index (χ2n) is 3.17. The molecule has 2 aromatic rings. The van der Waals surface area contributed by atoms with Gasteiger partial charge in [0.1, 0.15) is 5.82 Å². The highest BCUT2D eigenvalue weighted by molar-refractivity contribution is 9.11. The summed E-state index contributed by atoms with van der Waals surface area (Å²) in [4.78, 5) is 1.26. The maximum absolute atomic E-state index is 13.0. The molecule has 0 N–H and O–H groups in total. The van der Waals surface area contributed by atoms with Crippen LogP contribution in [0.25, 0.3) is 0 Å². The van der Waals surface area contributed by atoms with Crippen LogP contribution in [0.1, 0.15) is 15.3 Å². The van der Waals surface area contributed by atoms with E-state index >= 15 is 0 Å². The molecule has 1 atom stereocenters. The van der Waals surface area contributed by atoms with Crippen molar-refractivity contribution in [3.8, 4) is 0 Å². The summed E-state index contributed by atoms with van der Waals surface area (Å²) in [5.74, 6) is -0.234. The molecule has 16 heavy (non-hydrogen) atoms. The summed E-state index contributed by atoms with van der Waals surface area (Å²) in [6, 6.07) is 8.78. The van der Waals surface area contributed by atoms with Crippen LogP contribution < -0.4 is 0 Å². The van der Waals surface area contributed by atoms with E-state index in [2.05, 4.69) is 47.8 Å². The lowest BCUT2D eigenvalue weighted by Crippen LogP contribution is -1.91. The SMILES string of the molecule is Fc1ccc(C(Br)c2ccc(Br)s2)c(Br)c1. The van der Waals surface area contributed by atoms with Gasteiger partial charge in [0.2, 0.25) is 0 Å². The number of alkyl halides is 1. The fourth-order valence-corrected chi connectivity index (χ4v) is 4.46. The monoisotopic (exact) mass is 426 g/mol. The molecule has 0 nitrogen and oxygen atoms in total. The summed E-state index contributed by atoms with van der Waals surface area (Å²) < 4.78 is 14.8. The predicted octanol–water partition coefficient (Wildman–Crippen LogP) is 5.90. The Hall–Kier alpha value is 0.290. The highest BCUT2D eigenvalue weighted by Crippen LogP contribution is 2.39. The Morgan fingerprint density at radius 2 is 1.88 bits per heavy atom. The summed E-state index contributed by atoms with van der Waals surface area (Å²) in [6.45, 7) is 0. The number of benzene rings is 1. The first-order chi connectivity index (χ1) is 7.58. The molecule has 1 heterocycles. The minimum atomic E-state index is -0.234. The van der Waals surface area contributed by atoms with Gasteiger partial charge in [-0.25, -0.2) is 4.39 Å². The van der Waals surface area contributed by atoms with Gasteiger partial charge in [0.05, 0.1) is 8.61 Å². The van der Waals surface area contributed by atoms with E-state index in [0.29, 0.717) is 0 Å². The first-order valence-corrected chi connectivity index (χ1v) is 7.74. The van der Waals surface area contributed by atoms with Crippen LogP contribution in [0.3, 0.4) is 0 Å². The molecule has 0 aliphatic carbocycles. The molecule has 0 saturated carbocycles. The second-order valence-corrected chi connectivity index (χ2v) is 7.43. The van der Waals surface area contributed by atoms with Gasteiger partial charge in [0.15, 0.2) is 0 Å². The largest absolute Gasteiger partial charge is 0.207 e. The van der Waals surface area contributed by atoms with Crippen molar-refractivity contribution in [3.05, 3.63) is 54.8 Å². The molecule has 0 fully saturated rings. The Morgan fingerprint density at radius 1 is 1.12 bits per heavy atom. The lowest BCUT2D eigenvalue weighted by Gasteiger charge is -2.10. The molecule has 1 aromatic carbocycles. The van der Waals surface area contributed by atoms with Crippen LogP contribution in [0, 0.1) is 5.82 Å². The highest BCUT2D eigenvalue weighted by atomic mass is 79.9. The van der Waals surface area contributed by atoms with E-state index in [4.69, 9.17) is 0 Å². The van der Waals surface area contributed by atoms with Crippen LogP contribution in [-0.4, -0.2) is 0 Å². The summed E-state index contributed by atoms with van der Waals surface area (Å²) in [6.07, 6.45) is 0. The van der Waals surface area contributed by atoms with Crippen LogP contribution in [0.15, 0.2) is 38.6 Å². The zero-order valence-corrected chi connectivity index (χ0v) is 13.5. The van der Waals surface area contributed by atoms with Crippen molar-refractivity contribution >= 4 is 59.1 Å². The first kappa shape index (κ1) is 12.7. The molecule has 0 aliphatic heterocycles. The quantitative estimate of drug-likeness (QED) is 0.522. The van der Waals surface area contributed by atoms with E-state index in [1.807, 2.05) is 12.1 Å². The number of hydrogen-bond donors (Lipinski definition) is 0. The maximum Gasteiger partial charge on any atom is 0.124 e. The standard InChI is InChI=1S/C11H6Br3FS/c12-8-5-6(15)1-2-7(8)11(14)9-3-4-10(13)16-9/h1-5,11H. The Balaban J connectivity index is 2.37. The summed E-state index contributed by atoms with van der Waals surface area (Å²) >= 11 is 12.1. The average Bonchev–Trinajstić information content (AvgIpc) is 2.64. The number of thiophene rings is 1. The number of halogens is 4. The summed E-state index contributed by atoms with van der Waals surface area (Å²) in [5.41, 5.74) is 1.02. The van der Waals surface area contributed by atoms with E-state index in [-0.39, 0.29) is 10.6 Å². The van der Waals surface area contributed by atoms with Crippen molar-refractivity contribution in [3.63, 3.8) is 0 Å². The van der Waals surface area contributed by atoms with E-state index in [1.165, 1.54) is 17.0 Å². The molecular weight excluding hydrogens is 423 g/mol. The molecule has 5 heteroatoms. The predicted molar refractivity (Wildman–Crippen MR) is 76.9 cm³/mol. The highest BCUT2D eigenvalue weighted by Gasteiger charge is 2.15. The maximum atomic E-state index is 13.0. The van der Waals surface area contributed by atoms with Gasteiger partial charge in [0.25, 0.3) is 0 Å². The average molecular weight is 429 g/mol. The van der Waals surface area contributed by atoms with Crippen molar-refractivity contribution in [1.29, 1.82) is 0 Å². The molecule has 0 bridgehead atoms. The van der Waals surface area contributed by atoms with Crippen LogP contribution in [-0.2, 0) is 0 Å². The third-order valence-electron chi connectivity index (χ3n) is 2.08. The fraction of sp³-hybridized carbons (Fsp3) is 0.0909. The Labute approximate surface area is 122 Å². The molecule has 0 spiro atoms. The molecule has 1 unspecified atom stereocenters. The topological polar surface area (TPSA) is 0 Å². The van der Waals surface area contributed by atoms with Crippen LogP contribution in [0.5, 0.6) is 0 Å². The zero-order chi connectivity index (χ0) is 11.7. The first-order valence-electron chi connectivity index (χ1n) is 4.42. The van der Waals surface area contributed by atoms with Gasteiger partial charge in [0, 0.05) is 9.35 Å². The minimum Gasteiger partial charge on any atom is -0.207 e. The van der Waals surface area contributed by atoms with Gasteiger partial charge in [-0.2, -0.15) is 0 Å². The molecule has 0 aliphatic rings. The van der Waals surface area contributed by atoms with E-state index in [1.54, 1.807) is 17.4 Å². The van der Waals surface area contributed by atoms with Gasteiger partial charge in [-0.3, -0.25) is 0 Å². The lowest BCUT2D eigenvalue weighted by atomic mass is 10.1. The number of hydrogen-bond acceptors (Lipinski definition) is 1. The van der Waals surface area contributed by atoms with Gasteiger partial charge < -0.3 is 0 Å². The number of rotatable bonds is 2. The van der Waals surface area contributed by atoms with E-state index in [0.717, 1.165) is 13.8 Å². The Kier molecular flexibility index (Phi) is 4.21. The molecule has 0 amide bonds.